The molecule has 14 heavy (non-hydrogen) atoms. The van der Waals surface area contributed by atoms with Gasteiger partial charge in [-0.05, 0) is 18.9 Å². The number of hydrogen-bond acceptors (Lipinski definition) is 3. The number of carbonyl (C=O) groups is 1. The Morgan fingerprint density at radius 3 is 2.71 bits per heavy atom. The summed E-state index contributed by atoms with van der Waals surface area (Å²) in [5.41, 5.74) is 0. The van der Waals surface area contributed by atoms with Crippen LogP contribution in [0, 0.1) is 5.92 Å². The van der Waals surface area contributed by atoms with Gasteiger partial charge in [0.15, 0.2) is 0 Å². The molecule has 0 heterocycles. The van der Waals surface area contributed by atoms with Crippen molar-refractivity contribution in [3.8, 4) is 0 Å². The topological polar surface area (TPSA) is 38.3 Å². The van der Waals surface area contributed by atoms with Gasteiger partial charge in [0.25, 0.3) is 0 Å². The predicted molar refractivity (Wildman–Crippen MR) is 56.1 cm³/mol. The summed E-state index contributed by atoms with van der Waals surface area (Å²) < 4.78 is 4.55. The first-order chi connectivity index (χ1) is 6.83. The van der Waals surface area contributed by atoms with Gasteiger partial charge in [0.2, 0.25) is 0 Å². The van der Waals surface area contributed by atoms with Gasteiger partial charge < -0.3 is 10.1 Å². The molecule has 1 aliphatic carbocycles. The van der Waals surface area contributed by atoms with E-state index in [1.54, 1.807) is 0 Å². The quantitative estimate of drug-likeness (QED) is 0.523. The molecule has 0 aromatic heterocycles. The summed E-state index contributed by atoms with van der Waals surface area (Å²) in [6.45, 7) is 1.79. The predicted octanol–water partition coefficient (Wildman–Crippen LogP) is 1.72. The molecule has 0 radical (unpaired) electrons. The molecular weight excluding hydrogens is 178 g/mol. The first-order valence-electron chi connectivity index (χ1n) is 5.60. The molecule has 1 rings (SSSR count). The number of rotatable bonds is 6. The largest absolute Gasteiger partial charge is 0.469 e. The van der Waals surface area contributed by atoms with E-state index in [4.69, 9.17) is 0 Å². The number of carbonyl (C=O) groups excluding carboxylic acids is 1. The summed E-state index contributed by atoms with van der Waals surface area (Å²) in [6.07, 6.45) is 7.37. The van der Waals surface area contributed by atoms with Crippen LogP contribution in [0.5, 0.6) is 0 Å². The number of esters is 1. The number of hydrogen-bond donors (Lipinski definition) is 1. The van der Waals surface area contributed by atoms with Crippen LogP contribution in [-0.2, 0) is 9.53 Å². The molecule has 82 valence electrons. The molecule has 0 aromatic rings. The fourth-order valence-electron chi connectivity index (χ4n) is 2.02. The summed E-state index contributed by atoms with van der Waals surface area (Å²) in [4.78, 5) is 10.8. The van der Waals surface area contributed by atoms with Crippen LogP contribution in [0.25, 0.3) is 0 Å². The maximum absolute atomic E-state index is 10.8. The monoisotopic (exact) mass is 199 g/mol. The Morgan fingerprint density at radius 2 is 2.07 bits per heavy atom. The molecule has 0 aliphatic heterocycles. The summed E-state index contributed by atoms with van der Waals surface area (Å²) >= 11 is 0. The Morgan fingerprint density at radius 1 is 1.36 bits per heavy atom. The minimum absolute atomic E-state index is 0.127. The third-order valence-electron chi connectivity index (χ3n) is 2.94. The van der Waals surface area contributed by atoms with Gasteiger partial charge in [-0.25, -0.2) is 0 Å². The second kappa shape index (κ2) is 6.82. The standard InChI is InChI=1S/C11H21NO2/c1-14-11(13)7-9-12-8-6-10-4-2-3-5-10/h10,12H,2-9H2,1H3. The van der Waals surface area contributed by atoms with Crippen molar-refractivity contribution in [2.45, 2.75) is 38.5 Å². The molecule has 3 nitrogen and oxygen atoms in total. The molecule has 0 saturated heterocycles. The number of nitrogens with one attached hydrogen (secondary N) is 1. The Kier molecular flexibility index (Phi) is 5.60. The van der Waals surface area contributed by atoms with Crippen LogP contribution in [0.15, 0.2) is 0 Å². The first kappa shape index (κ1) is 11.5. The molecule has 3 heteroatoms. The maximum atomic E-state index is 10.8. The van der Waals surface area contributed by atoms with Crippen molar-refractivity contribution in [2.75, 3.05) is 20.2 Å². The summed E-state index contributed by atoms with van der Waals surface area (Å²) in [7, 11) is 1.43. The van der Waals surface area contributed by atoms with Gasteiger partial charge >= 0.3 is 5.97 Å². The smallest absolute Gasteiger partial charge is 0.306 e. The minimum atomic E-state index is -0.127. The zero-order valence-corrected chi connectivity index (χ0v) is 9.05. The highest BCUT2D eigenvalue weighted by molar-refractivity contribution is 5.69. The van der Waals surface area contributed by atoms with Crippen molar-refractivity contribution in [1.82, 2.24) is 5.32 Å². The Balaban J connectivity index is 1.86. The van der Waals surface area contributed by atoms with Crippen molar-refractivity contribution in [3.05, 3.63) is 0 Å². The normalized spacial score (nSPS) is 17.2. The second-order valence-corrected chi connectivity index (χ2v) is 4.02. The molecule has 0 bridgehead atoms. The lowest BCUT2D eigenvalue weighted by molar-refractivity contribution is -0.140. The van der Waals surface area contributed by atoms with Crippen LogP contribution in [0.3, 0.4) is 0 Å². The van der Waals surface area contributed by atoms with E-state index in [0.717, 1.165) is 19.0 Å². The molecular formula is C11H21NO2. The Hall–Kier alpha value is -0.570. The lowest BCUT2D eigenvalue weighted by Crippen LogP contribution is -2.21. The van der Waals surface area contributed by atoms with Gasteiger partial charge in [-0.2, -0.15) is 0 Å². The van der Waals surface area contributed by atoms with E-state index in [0.29, 0.717) is 6.42 Å². The molecule has 0 spiro atoms. The average molecular weight is 199 g/mol. The van der Waals surface area contributed by atoms with E-state index < -0.39 is 0 Å². The lowest BCUT2D eigenvalue weighted by Gasteiger charge is -2.08. The van der Waals surface area contributed by atoms with E-state index in [2.05, 4.69) is 10.1 Å². The van der Waals surface area contributed by atoms with Crippen LogP contribution >= 0.6 is 0 Å². The van der Waals surface area contributed by atoms with Crippen molar-refractivity contribution in [1.29, 1.82) is 0 Å². The third-order valence-corrected chi connectivity index (χ3v) is 2.94. The van der Waals surface area contributed by atoms with Crippen molar-refractivity contribution < 1.29 is 9.53 Å². The zero-order valence-electron chi connectivity index (χ0n) is 9.05. The van der Waals surface area contributed by atoms with Crippen molar-refractivity contribution in [2.24, 2.45) is 5.92 Å². The number of ether oxygens (including phenoxy) is 1. The van der Waals surface area contributed by atoms with Gasteiger partial charge in [0.1, 0.15) is 0 Å². The highest BCUT2D eigenvalue weighted by atomic mass is 16.5. The van der Waals surface area contributed by atoms with E-state index in [1.807, 2.05) is 0 Å². The lowest BCUT2D eigenvalue weighted by atomic mass is 10.0. The Bertz CT molecular complexity index is 165. The molecule has 1 N–H and O–H groups in total. The van der Waals surface area contributed by atoms with E-state index in [9.17, 15) is 4.79 Å². The average Bonchev–Trinajstić information content (AvgIpc) is 2.69. The highest BCUT2D eigenvalue weighted by Crippen LogP contribution is 2.26. The second-order valence-electron chi connectivity index (χ2n) is 4.02. The fourth-order valence-corrected chi connectivity index (χ4v) is 2.02. The highest BCUT2D eigenvalue weighted by Gasteiger charge is 2.13. The van der Waals surface area contributed by atoms with Crippen LogP contribution in [0.2, 0.25) is 0 Å². The summed E-state index contributed by atoms with van der Waals surface area (Å²) in [5, 5.41) is 3.28. The fraction of sp³-hybridized carbons (Fsp3) is 0.909. The minimum Gasteiger partial charge on any atom is -0.469 e. The maximum Gasteiger partial charge on any atom is 0.306 e. The molecule has 0 atom stereocenters. The third kappa shape index (κ3) is 4.61. The summed E-state index contributed by atoms with van der Waals surface area (Å²) in [5.74, 6) is 0.805. The molecule has 1 saturated carbocycles. The van der Waals surface area contributed by atoms with Gasteiger partial charge in [-0.3, -0.25) is 4.79 Å². The van der Waals surface area contributed by atoms with Crippen molar-refractivity contribution in [3.63, 3.8) is 0 Å². The molecule has 0 aromatic carbocycles. The van der Waals surface area contributed by atoms with E-state index >= 15 is 0 Å². The van der Waals surface area contributed by atoms with Gasteiger partial charge in [0.05, 0.1) is 13.5 Å². The first-order valence-corrected chi connectivity index (χ1v) is 5.60. The molecule has 1 aliphatic rings. The van der Waals surface area contributed by atoms with Crippen LogP contribution in [0.4, 0.5) is 0 Å². The SMILES string of the molecule is COC(=O)CCNCCC1CCCC1. The van der Waals surface area contributed by atoms with Crippen LogP contribution < -0.4 is 5.32 Å². The molecule has 0 unspecified atom stereocenters. The van der Waals surface area contributed by atoms with Crippen LogP contribution in [-0.4, -0.2) is 26.2 Å². The van der Waals surface area contributed by atoms with Gasteiger partial charge in [-0.15, -0.1) is 0 Å². The van der Waals surface area contributed by atoms with Gasteiger partial charge in [-0.1, -0.05) is 25.7 Å². The zero-order chi connectivity index (χ0) is 10.2. The van der Waals surface area contributed by atoms with Gasteiger partial charge in [0, 0.05) is 6.54 Å². The Labute approximate surface area is 86.2 Å². The molecule has 1 fully saturated rings. The van der Waals surface area contributed by atoms with Crippen molar-refractivity contribution >= 4 is 5.97 Å². The van der Waals surface area contributed by atoms with E-state index in [1.165, 1.54) is 39.2 Å². The van der Waals surface area contributed by atoms with Crippen LogP contribution in [0.1, 0.15) is 38.5 Å². The summed E-state index contributed by atoms with van der Waals surface area (Å²) in [6, 6.07) is 0. The molecule has 0 amide bonds. The number of methoxy groups -OCH3 is 1. The van der Waals surface area contributed by atoms with E-state index in [-0.39, 0.29) is 5.97 Å².